The molecule has 64 valence electrons. The fourth-order valence-electron chi connectivity index (χ4n) is 0. The van der Waals surface area contributed by atoms with Crippen molar-refractivity contribution in [2.24, 2.45) is 0 Å². The minimum Gasteiger partial charge on any atom is -1.00 e. The van der Waals surface area contributed by atoms with Gasteiger partial charge in [0.05, 0.1) is 0 Å². The van der Waals surface area contributed by atoms with E-state index >= 15 is 0 Å². The molecule has 0 saturated carbocycles. The van der Waals surface area contributed by atoms with Crippen LogP contribution in [0.1, 0.15) is 0 Å². The van der Waals surface area contributed by atoms with Crippen LogP contribution in [0.25, 0.3) is 0 Å². The molecule has 9 heavy (non-hydrogen) atoms. The van der Waals surface area contributed by atoms with Gasteiger partial charge in [-0.05, 0) is 11.0 Å². The molecule has 0 N–H and O–H groups in total. The first-order valence-electron chi connectivity index (χ1n) is 0. The van der Waals surface area contributed by atoms with E-state index < -0.39 is 0 Å². The van der Waals surface area contributed by atoms with Crippen LogP contribution in [-0.4, -0.2) is 28.3 Å². The second kappa shape index (κ2) is 6470. The van der Waals surface area contributed by atoms with Gasteiger partial charge in [0.1, 0.15) is 0 Å². The van der Waals surface area contributed by atoms with E-state index in [4.69, 9.17) is 0 Å². The van der Waals surface area contributed by atoms with Crippen LogP contribution in [0.2, 0.25) is 0 Å². The molecule has 0 aromatic rings. The Balaban J connectivity index is 0. The molecular formula is H8AlF7Si. The third-order valence-corrected chi connectivity index (χ3v) is 0. The van der Waals surface area contributed by atoms with Crippen LogP contribution in [0.15, 0.2) is 0 Å². The molecule has 0 amide bonds. The molecular weight excluding hydrogens is 188 g/mol. The largest absolute Gasteiger partial charge is 3.00 e. The van der Waals surface area contributed by atoms with Gasteiger partial charge in [-0.2, -0.15) is 0 Å². The third-order valence-electron chi connectivity index (χ3n) is 0. The fraction of sp³-hybridized carbons (Fsp3) is 0. The van der Waals surface area contributed by atoms with E-state index in [0.717, 1.165) is 0 Å². The smallest absolute Gasteiger partial charge is 1.00 e. The summed E-state index contributed by atoms with van der Waals surface area (Å²) in [5, 5.41) is 0. The van der Waals surface area contributed by atoms with Crippen LogP contribution in [-0.2, 0) is 0 Å². The third kappa shape index (κ3) is 4810. The predicted octanol–water partition coefficient (Wildman–Crippen LogP) is -10.2. The van der Waals surface area contributed by atoms with Gasteiger partial charge in [-0.1, -0.05) is 0 Å². The molecule has 0 saturated heterocycles. The number of hydrogen-bond donors (Lipinski definition) is 0. The first-order chi connectivity index (χ1) is 0. The Morgan fingerprint density at radius 3 is 0.444 bits per heavy atom. The predicted molar refractivity (Wildman–Crippen MR) is 27.1 cm³/mol. The van der Waals surface area contributed by atoms with Gasteiger partial charge in [-0.3, -0.25) is 18.8 Å². The number of hydrogen-bond acceptors (Lipinski definition) is 0. The Kier molecular flexibility index (Phi) is 6750000. The summed E-state index contributed by atoms with van der Waals surface area (Å²) in [5.41, 5.74) is 0. The van der Waals surface area contributed by atoms with Gasteiger partial charge in [0.15, 0.2) is 0 Å². The summed E-state index contributed by atoms with van der Waals surface area (Å²) >= 11 is 0. The van der Waals surface area contributed by atoms with Crippen molar-refractivity contribution in [3.63, 3.8) is 0 Å². The van der Waals surface area contributed by atoms with E-state index in [-0.39, 0.29) is 61.3 Å². The molecule has 0 unspecified atom stereocenters. The average Bonchev–Trinajstić information content (AvgIpc) is 0. The molecule has 0 aliphatic rings. The normalized spacial score (nSPS) is 0. The molecule has 0 spiro atoms. The number of rotatable bonds is 0. The zero-order valence-corrected chi connectivity index (χ0v) is 4.50. The minimum atomic E-state index is 0. The second-order valence-corrected chi connectivity index (χ2v) is 0. The van der Waals surface area contributed by atoms with E-state index in [1.165, 1.54) is 0 Å². The Bertz CT molecular complexity index is 8.88. The molecule has 9 heteroatoms. The summed E-state index contributed by atoms with van der Waals surface area (Å²) in [6.45, 7) is 0. The van der Waals surface area contributed by atoms with Crippen molar-refractivity contribution in [1.29, 1.82) is 0 Å². The van der Waals surface area contributed by atoms with Gasteiger partial charge < -0.3 is 14.1 Å². The van der Waals surface area contributed by atoms with E-state index in [1.54, 1.807) is 0 Å². The zero-order chi connectivity index (χ0) is 0. The van der Waals surface area contributed by atoms with Crippen molar-refractivity contribution in [1.82, 2.24) is 0 Å². The molecule has 0 rings (SSSR count). The van der Waals surface area contributed by atoms with Crippen molar-refractivity contribution >= 4 is 28.3 Å². The van der Waals surface area contributed by atoms with Gasteiger partial charge in [-0.15, -0.1) is 0 Å². The molecule has 0 fully saturated rings. The molecule has 0 heterocycles. The van der Waals surface area contributed by atoms with Crippen molar-refractivity contribution in [3.8, 4) is 0 Å². The van der Waals surface area contributed by atoms with Gasteiger partial charge in [0, 0.05) is 0 Å². The van der Waals surface area contributed by atoms with Gasteiger partial charge >= 0.3 is 17.4 Å². The van der Waals surface area contributed by atoms with Crippen molar-refractivity contribution in [3.05, 3.63) is 0 Å². The van der Waals surface area contributed by atoms with Crippen LogP contribution in [0, 0.1) is 0 Å². The fourth-order valence-corrected chi connectivity index (χ4v) is 0. The topological polar surface area (TPSA) is 0 Å². The Morgan fingerprint density at radius 2 is 0.444 bits per heavy atom. The summed E-state index contributed by atoms with van der Waals surface area (Å²) in [6.07, 6.45) is 0. The quantitative estimate of drug-likeness (QED) is 0.266. The molecule has 0 bridgehead atoms. The van der Waals surface area contributed by atoms with Gasteiger partial charge in [-0.25, -0.2) is 0 Å². The van der Waals surface area contributed by atoms with E-state index in [9.17, 15) is 0 Å². The summed E-state index contributed by atoms with van der Waals surface area (Å²) in [6, 6.07) is 0. The van der Waals surface area contributed by atoms with Crippen molar-refractivity contribution in [2.45, 2.75) is 0 Å². The first kappa shape index (κ1) is 9390. The van der Waals surface area contributed by atoms with Crippen LogP contribution in [0.4, 0.5) is 18.8 Å². The molecule has 0 aliphatic carbocycles. The molecule has 0 aliphatic heterocycles. The standard InChI is InChI=1S/Al.7FH.H4Si/h;7*1H;1H4/q+3;;;;;;;;/p-3. The average molecular weight is 196 g/mol. The summed E-state index contributed by atoms with van der Waals surface area (Å²) in [7, 11) is 0. The maximum Gasteiger partial charge on any atom is 3.00 e. The monoisotopic (exact) mass is 196 g/mol. The molecule has 0 aromatic heterocycles. The second-order valence-electron chi connectivity index (χ2n) is 0. The van der Waals surface area contributed by atoms with E-state index in [1.807, 2.05) is 0 Å². The van der Waals surface area contributed by atoms with E-state index in [0.29, 0.717) is 0 Å². The summed E-state index contributed by atoms with van der Waals surface area (Å²) in [5.74, 6) is 0. The van der Waals surface area contributed by atoms with Crippen LogP contribution in [0.5, 0.6) is 0 Å². The van der Waals surface area contributed by atoms with Gasteiger partial charge in [0.25, 0.3) is 0 Å². The summed E-state index contributed by atoms with van der Waals surface area (Å²) in [4.78, 5) is 0. The minimum absolute atomic E-state index is 0. The Labute approximate surface area is 62.1 Å². The Morgan fingerprint density at radius 1 is 0.444 bits per heavy atom. The van der Waals surface area contributed by atoms with E-state index in [2.05, 4.69) is 0 Å². The Hall–Kier alpha value is 0.259. The number of halogens is 7. The molecule has 0 atom stereocenters. The van der Waals surface area contributed by atoms with Crippen LogP contribution in [0.3, 0.4) is 0 Å². The zero-order valence-electron chi connectivity index (χ0n) is 3.34. The van der Waals surface area contributed by atoms with Gasteiger partial charge in [0.2, 0.25) is 0 Å². The maximum atomic E-state index is 0. The molecule has 0 aromatic carbocycles. The van der Waals surface area contributed by atoms with Crippen molar-refractivity contribution < 1.29 is 32.9 Å². The first-order valence-corrected chi connectivity index (χ1v) is 0. The SMILES string of the molecule is F.F.F.F.[Al+3].[F-].[F-].[F-].[SiH4]. The summed E-state index contributed by atoms with van der Waals surface area (Å²) < 4.78 is 0. The van der Waals surface area contributed by atoms with Crippen LogP contribution < -0.4 is 14.1 Å². The maximum absolute atomic E-state index is 0. The molecule has 0 radical (unpaired) electrons. The van der Waals surface area contributed by atoms with Crippen molar-refractivity contribution in [2.75, 3.05) is 0 Å². The van der Waals surface area contributed by atoms with Crippen LogP contribution >= 0.6 is 0 Å². The molecule has 0 nitrogen and oxygen atoms in total.